The first-order chi connectivity index (χ1) is 9.24. The largest absolute Gasteiger partial charge is 0.501 e. The van der Waals surface area contributed by atoms with Crippen molar-refractivity contribution in [2.45, 2.75) is 23.7 Å². The van der Waals surface area contributed by atoms with Crippen molar-refractivity contribution < 1.29 is 26.7 Å². The summed E-state index contributed by atoms with van der Waals surface area (Å²) in [6, 6.07) is 4.55. The van der Waals surface area contributed by atoms with Crippen LogP contribution in [-0.4, -0.2) is 38.7 Å². The van der Waals surface area contributed by atoms with Crippen LogP contribution in [0.1, 0.15) is 13.3 Å². The molecule has 0 heterocycles. The third-order valence-corrected chi connectivity index (χ3v) is 4.29. The summed E-state index contributed by atoms with van der Waals surface area (Å²) in [6.07, 6.45) is 0.524. The summed E-state index contributed by atoms with van der Waals surface area (Å²) in [6.45, 7) is 3.01. The topological polar surface area (TPSA) is 57.6 Å². The summed E-state index contributed by atoms with van der Waals surface area (Å²) >= 11 is 0. The Morgan fingerprint density at radius 1 is 1.20 bits per heavy atom. The number of benzene rings is 1. The Morgan fingerprint density at radius 2 is 1.75 bits per heavy atom. The normalized spacial score (nSPS) is 12.4. The molecule has 20 heavy (non-hydrogen) atoms. The molecule has 0 saturated carbocycles. The van der Waals surface area contributed by atoms with Crippen LogP contribution < -0.4 is 4.90 Å². The van der Waals surface area contributed by atoms with Gasteiger partial charge in [-0.3, -0.25) is 0 Å². The van der Waals surface area contributed by atoms with E-state index in [1.54, 1.807) is 0 Å². The third kappa shape index (κ3) is 3.63. The van der Waals surface area contributed by atoms with Gasteiger partial charge in [0.15, 0.2) is 0 Å². The molecule has 4 nitrogen and oxygen atoms in total. The molecule has 0 aliphatic heterocycles. The van der Waals surface area contributed by atoms with Gasteiger partial charge in [-0.25, -0.2) is 8.42 Å². The van der Waals surface area contributed by atoms with Crippen molar-refractivity contribution in [2.75, 3.05) is 24.6 Å². The van der Waals surface area contributed by atoms with E-state index in [9.17, 15) is 21.6 Å². The van der Waals surface area contributed by atoms with Crippen LogP contribution >= 0.6 is 0 Å². The predicted octanol–water partition coefficient (Wildman–Crippen LogP) is 2.19. The van der Waals surface area contributed by atoms with Crippen LogP contribution in [0.25, 0.3) is 0 Å². The Bertz CT molecular complexity index is 526. The summed E-state index contributed by atoms with van der Waals surface area (Å²) < 4.78 is 59.6. The Morgan fingerprint density at radius 3 is 2.15 bits per heavy atom. The van der Waals surface area contributed by atoms with Gasteiger partial charge < -0.3 is 10.0 Å². The lowest BCUT2D eigenvalue weighted by Crippen LogP contribution is -2.25. The number of anilines is 1. The van der Waals surface area contributed by atoms with Gasteiger partial charge in [0, 0.05) is 25.4 Å². The van der Waals surface area contributed by atoms with E-state index in [2.05, 4.69) is 0 Å². The number of hydrogen-bond acceptors (Lipinski definition) is 4. The molecule has 0 fully saturated rings. The number of rotatable bonds is 6. The Kier molecular flexibility index (Phi) is 5.41. The number of aliphatic hydroxyl groups is 1. The van der Waals surface area contributed by atoms with E-state index in [4.69, 9.17) is 5.11 Å². The van der Waals surface area contributed by atoms with Crippen LogP contribution in [0.5, 0.6) is 0 Å². The molecule has 1 aromatic carbocycles. The number of alkyl halides is 3. The third-order valence-electron chi connectivity index (χ3n) is 2.78. The molecule has 0 bridgehead atoms. The molecule has 8 heteroatoms. The first kappa shape index (κ1) is 16.8. The van der Waals surface area contributed by atoms with Gasteiger partial charge in [-0.2, -0.15) is 13.2 Å². The highest BCUT2D eigenvalue weighted by Gasteiger charge is 2.46. The van der Waals surface area contributed by atoms with E-state index in [-0.39, 0.29) is 6.61 Å². The van der Waals surface area contributed by atoms with E-state index in [1.165, 1.54) is 12.1 Å². The summed E-state index contributed by atoms with van der Waals surface area (Å²) in [4.78, 5) is 1.06. The molecule has 0 spiro atoms. The number of nitrogens with zero attached hydrogens (tertiary/aromatic N) is 1. The van der Waals surface area contributed by atoms with E-state index >= 15 is 0 Å². The maximum Gasteiger partial charge on any atom is 0.501 e. The minimum Gasteiger partial charge on any atom is -0.396 e. The highest BCUT2D eigenvalue weighted by atomic mass is 32.2. The lowest BCUT2D eigenvalue weighted by molar-refractivity contribution is -0.0436. The van der Waals surface area contributed by atoms with Crippen LogP contribution in [0, 0.1) is 0 Å². The summed E-state index contributed by atoms with van der Waals surface area (Å²) in [7, 11) is -5.30. The van der Waals surface area contributed by atoms with Crippen molar-refractivity contribution in [3.8, 4) is 0 Å². The maximum atomic E-state index is 12.4. The molecule has 1 aromatic rings. The molecular formula is C12H16F3NO3S. The van der Waals surface area contributed by atoms with Crippen LogP contribution in [0.4, 0.5) is 18.9 Å². The molecule has 0 radical (unpaired) electrons. The molecule has 1 rings (SSSR count). The Labute approximate surface area is 115 Å². The zero-order valence-corrected chi connectivity index (χ0v) is 11.7. The Hall–Kier alpha value is -1.28. The van der Waals surface area contributed by atoms with Gasteiger partial charge in [-0.05, 0) is 37.6 Å². The second kappa shape index (κ2) is 6.45. The number of halogens is 3. The zero-order valence-electron chi connectivity index (χ0n) is 10.9. The fourth-order valence-electron chi connectivity index (χ4n) is 1.70. The van der Waals surface area contributed by atoms with Crippen molar-refractivity contribution in [1.82, 2.24) is 0 Å². The van der Waals surface area contributed by atoms with E-state index < -0.39 is 20.2 Å². The van der Waals surface area contributed by atoms with Crippen LogP contribution in [0.15, 0.2) is 29.2 Å². The molecular weight excluding hydrogens is 295 g/mol. The highest BCUT2D eigenvalue weighted by molar-refractivity contribution is 7.92. The quantitative estimate of drug-likeness (QED) is 0.875. The number of hydrogen-bond donors (Lipinski definition) is 1. The van der Waals surface area contributed by atoms with Gasteiger partial charge in [-0.1, -0.05) is 0 Å². The van der Waals surface area contributed by atoms with E-state index in [0.29, 0.717) is 25.2 Å². The molecule has 0 unspecified atom stereocenters. The maximum absolute atomic E-state index is 12.4. The lowest BCUT2D eigenvalue weighted by Gasteiger charge is -2.23. The average Bonchev–Trinajstić information content (AvgIpc) is 2.39. The minimum absolute atomic E-state index is 0.0109. The standard InChI is InChI=1S/C12H16F3NO3S/c1-2-16(8-3-9-17)10-4-6-11(7-5-10)20(18,19)12(13,14)15/h4-7,17H,2-3,8-9H2,1H3. The van der Waals surface area contributed by atoms with E-state index in [0.717, 1.165) is 12.1 Å². The van der Waals surface area contributed by atoms with Crippen LogP contribution in [-0.2, 0) is 9.84 Å². The molecule has 0 aliphatic carbocycles. The first-order valence-corrected chi connectivity index (χ1v) is 7.49. The molecule has 1 N–H and O–H groups in total. The molecule has 0 aromatic heterocycles. The van der Waals surface area contributed by atoms with Gasteiger partial charge >= 0.3 is 5.51 Å². The van der Waals surface area contributed by atoms with Crippen LogP contribution in [0.2, 0.25) is 0 Å². The average molecular weight is 311 g/mol. The SMILES string of the molecule is CCN(CCCO)c1ccc(S(=O)(=O)C(F)(F)F)cc1. The smallest absolute Gasteiger partial charge is 0.396 e. The second-order valence-electron chi connectivity index (χ2n) is 4.10. The minimum atomic E-state index is -5.30. The summed E-state index contributed by atoms with van der Waals surface area (Å²) in [5, 5.41) is 8.77. The fraction of sp³-hybridized carbons (Fsp3) is 0.500. The Balaban J connectivity index is 2.99. The van der Waals surface area contributed by atoms with Gasteiger partial charge in [0.2, 0.25) is 0 Å². The van der Waals surface area contributed by atoms with Crippen molar-refractivity contribution in [3.63, 3.8) is 0 Å². The van der Waals surface area contributed by atoms with Crippen molar-refractivity contribution in [3.05, 3.63) is 24.3 Å². The van der Waals surface area contributed by atoms with Gasteiger partial charge in [0.05, 0.1) is 4.90 Å². The summed E-state index contributed by atoms with van der Waals surface area (Å²) in [5.74, 6) is 0. The highest BCUT2D eigenvalue weighted by Crippen LogP contribution is 2.31. The first-order valence-electron chi connectivity index (χ1n) is 6.01. The van der Waals surface area contributed by atoms with Crippen LogP contribution in [0.3, 0.4) is 0 Å². The van der Waals surface area contributed by atoms with Gasteiger partial charge in [0.25, 0.3) is 9.84 Å². The molecule has 114 valence electrons. The number of aliphatic hydroxyl groups excluding tert-OH is 1. The monoisotopic (exact) mass is 311 g/mol. The van der Waals surface area contributed by atoms with E-state index in [1.807, 2.05) is 11.8 Å². The predicted molar refractivity (Wildman–Crippen MR) is 69.3 cm³/mol. The van der Waals surface area contributed by atoms with Gasteiger partial charge in [-0.15, -0.1) is 0 Å². The molecule has 0 amide bonds. The van der Waals surface area contributed by atoms with Crippen molar-refractivity contribution in [2.24, 2.45) is 0 Å². The van der Waals surface area contributed by atoms with Crippen molar-refractivity contribution in [1.29, 1.82) is 0 Å². The summed E-state index contributed by atoms with van der Waals surface area (Å²) in [5.41, 5.74) is -4.68. The molecule has 0 atom stereocenters. The van der Waals surface area contributed by atoms with Crippen molar-refractivity contribution >= 4 is 15.5 Å². The molecule has 0 aliphatic rings. The second-order valence-corrected chi connectivity index (χ2v) is 6.04. The number of sulfone groups is 1. The fourth-order valence-corrected chi connectivity index (χ4v) is 2.46. The lowest BCUT2D eigenvalue weighted by atomic mass is 10.2. The zero-order chi connectivity index (χ0) is 15.4. The van der Waals surface area contributed by atoms with Gasteiger partial charge in [0.1, 0.15) is 0 Å². The molecule has 0 saturated heterocycles.